The van der Waals surface area contributed by atoms with E-state index in [0.29, 0.717) is 6.42 Å². The molecule has 2 rings (SSSR count). The van der Waals surface area contributed by atoms with Gasteiger partial charge in [0.25, 0.3) is 5.91 Å². The second kappa shape index (κ2) is 5.39. The highest BCUT2D eigenvalue weighted by atomic mass is 19.4. The number of amides is 1. The summed E-state index contributed by atoms with van der Waals surface area (Å²) in [7, 11) is 0. The average Bonchev–Trinajstić information content (AvgIpc) is 2.41. The van der Waals surface area contributed by atoms with Crippen molar-refractivity contribution in [2.75, 3.05) is 0 Å². The molecule has 1 unspecified atom stereocenters. The number of hydrogen-bond acceptors (Lipinski definition) is 1. The van der Waals surface area contributed by atoms with Crippen molar-refractivity contribution >= 4 is 5.91 Å². The van der Waals surface area contributed by atoms with Gasteiger partial charge in [0.15, 0.2) is 0 Å². The van der Waals surface area contributed by atoms with Crippen molar-refractivity contribution in [2.45, 2.75) is 32.0 Å². The summed E-state index contributed by atoms with van der Waals surface area (Å²) in [4.78, 5) is 12.2. The van der Waals surface area contributed by atoms with E-state index in [-0.39, 0.29) is 5.56 Å². The molecule has 21 heavy (non-hydrogen) atoms. The molecule has 2 nitrogen and oxygen atoms in total. The predicted molar refractivity (Wildman–Crippen MR) is 74.8 cm³/mol. The maximum absolute atomic E-state index is 12.9. The molecule has 0 heterocycles. The SMILES string of the molecule is CC1=CCC(C)(NC(=O)c2ccccc2C(F)(F)F)C=C1. The maximum Gasteiger partial charge on any atom is 0.417 e. The normalized spacial score (nSPS) is 21.9. The lowest BCUT2D eigenvalue weighted by atomic mass is 9.90. The molecule has 1 amide bonds. The quantitative estimate of drug-likeness (QED) is 0.874. The molecule has 0 radical (unpaired) electrons. The van der Waals surface area contributed by atoms with Crippen LogP contribution in [0.3, 0.4) is 0 Å². The highest BCUT2D eigenvalue weighted by molar-refractivity contribution is 5.96. The van der Waals surface area contributed by atoms with Crippen molar-refractivity contribution in [1.29, 1.82) is 0 Å². The van der Waals surface area contributed by atoms with E-state index in [9.17, 15) is 18.0 Å². The van der Waals surface area contributed by atoms with E-state index < -0.39 is 23.2 Å². The number of rotatable bonds is 2. The first-order chi connectivity index (χ1) is 9.71. The van der Waals surface area contributed by atoms with Crippen LogP contribution in [-0.2, 0) is 6.18 Å². The van der Waals surface area contributed by atoms with E-state index in [1.807, 2.05) is 19.1 Å². The summed E-state index contributed by atoms with van der Waals surface area (Å²) in [6, 6.07) is 4.80. The Morgan fingerprint density at radius 2 is 1.95 bits per heavy atom. The van der Waals surface area contributed by atoms with Gasteiger partial charge in [0, 0.05) is 0 Å². The van der Waals surface area contributed by atoms with Crippen molar-refractivity contribution < 1.29 is 18.0 Å². The van der Waals surface area contributed by atoms with Crippen LogP contribution in [0.4, 0.5) is 13.2 Å². The van der Waals surface area contributed by atoms with E-state index in [1.165, 1.54) is 18.2 Å². The summed E-state index contributed by atoms with van der Waals surface area (Å²) in [6.45, 7) is 3.71. The van der Waals surface area contributed by atoms with Gasteiger partial charge in [0.2, 0.25) is 0 Å². The van der Waals surface area contributed by atoms with Crippen LogP contribution in [0.25, 0.3) is 0 Å². The highest BCUT2D eigenvalue weighted by Gasteiger charge is 2.36. The minimum Gasteiger partial charge on any atom is -0.343 e. The van der Waals surface area contributed by atoms with Gasteiger partial charge in [-0.05, 0) is 32.4 Å². The van der Waals surface area contributed by atoms with Crippen molar-refractivity contribution in [2.24, 2.45) is 0 Å². The van der Waals surface area contributed by atoms with Gasteiger partial charge in [0.05, 0.1) is 16.7 Å². The molecule has 1 N–H and O–H groups in total. The zero-order valence-corrected chi connectivity index (χ0v) is 11.8. The Bertz CT molecular complexity index is 616. The van der Waals surface area contributed by atoms with E-state index in [2.05, 4.69) is 5.32 Å². The third kappa shape index (κ3) is 3.54. The molecule has 0 bridgehead atoms. The molecular weight excluding hydrogens is 279 g/mol. The molecule has 0 spiro atoms. The zero-order valence-electron chi connectivity index (χ0n) is 11.8. The number of hydrogen-bond donors (Lipinski definition) is 1. The van der Waals surface area contributed by atoms with Gasteiger partial charge in [-0.1, -0.05) is 35.9 Å². The molecule has 0 aromatic heterocycles. The first kappa shape index (κ1) is 15.4. The summed E-state index contributed by atoms with van der Waals surface area (Å²) in [5.41, 5.74) is -0.879. The number of alkyl halides is 3. The smallest absolute Gasteiger partial charge is 0.343 e. The number of allylic oxidation sites excluding steroid dienone is 2. The highest BCUT2D eigenvalue weighted by Crippen LogP contribution is 2.32. The van der Waals surface area contributed by atoms with Crippen LogP contribution in [-0.4, -0.2) is 11.4 Å². The number of carbonyl (C=O) groups is 1. The number of benzene rings is 1. The Labute approximate surface area is 121 Å². The maximum atomic E-state index is 12.9. The second-order valence-corrected chi connectivity index (χ2v) is 5.40. The van der Waals surface area contributed by atoms with E-state index in [0.717, 1.165) is 11.6 Å². The molecule has 1 aliphatic carbocycles. The molecular formula is C16H16F3NO. The van der Waals surface area contributed by atoms with Crippen molar-refractivity contribution in [3.63, 3.8) is 0 Å². The lowest BCUT2D eigenvalue weighted by molar-refractivity contribution is -0.137. The van der Waals surface area contributed by atoms with Crippen LogP contribution in [0.5, 0.6) is 0 Å². The molecule has 0 saturated heterocycles. The summed E-state index contributed by atoms with van der Waals surface area (Å²) in [6.07, 6.45) is 1.59. The Balaban J connectivity index is 2.25. The fraction of sp³-hybridized carbons (Fsp3) is 0.312. The van der Waals surface area contributed by atoms with Gasteiger partial charge in [-0.3, -0.25) is 4.79 Å². The van der Waals surface area contributed by atoms with E-state index in [1.54, 1.807) is 13.0 Å². The van der Waals surface area contributed by atoms with Crippen LogP contribution < -0.4 is 5.32 Å². The Hall–Kier alpha value is -2.04. The lowest BCUT2D eigenvalue weighted by Crippen LogP contribution is -2.45. The monoisotopic (exact) mass is 295 g/mol. The van der Waals surface area contributed by atoms with Crippen LogP contribution in [0, 0.1) is 0 Å². The number of carbonyl (C=O) groups excluding carboxylic acids is 1. The minimum atomic E-state index is -4.55. The van der Waals surface area contributed by atoms with Gasteiger partial charge in [-0.15, -0.1) is 0 Å². The number of nitrogens with one attached hydrogen (secondary N) is 1. The molecule has 0 fully saturated rings. The van der Waals surface area contributed by atoms with Gasteiger partial charge >= 0.3 is 6.18 Å². The van der Waals surface area contributed by atoms with Crippen LogP contribution in [0.15, 0.2) is 48.1 Å². The third-order valence-electron chi connectivity index (χ3n) is 3.44. The summed E-state index contributed by atoms with van der Waals surface area (Å²) in [5, 5.41) is 2.67. The first-order valence-electron chi connectivity index (χ1n) is 6.56. The molecule has 1 aromatic carbocycles. The van der Waals surface area contributed by atoms with Crippen molar-refractivity contribution in [3.8, 4) is 0 Å². The van der Waals surface area contributed by atoms with Gasteiger partial charge in [-0.2, -0.15) is 13.2 Å². The zero-order chi connectivity index (χ0) is 15.7. The summed E-state index contributed by atoms with van der Waals surface area (Å²) < 4.78 is 38.8. The molecule has 0 aliphatic heterocycles. The summed E-state index contributed by atoms with van der Waals surface area (Å²) >= 11 is 0. The Morgan fingerprint density at radius 3 is 2.52 bits per heavy atom. The van der Waals surface area contributed by atoms with Crippen LogP contribution >= 0.6 is 0 Å². The van der Waals surface area contributed by atoms with Gasteiger partial charge in [-0.25, -0.2) is 0 Å². The van der Waals surface area contributed by atoms with Gasteiger partial charge < -0.3 is 5.32 Å². The third-order valence-corrected chi connectivity index (χ3v) is 3.44. The molecule has 112 valence electrons. The predicted octanol–water partition coefficient (Wildman–Crippen LogP) is 4.10. The number of halogens is 3. The Kier molecular flexibility index (Phi) is 3.94. The molecule has 1 aliphatic rings. The lowest BCUT2D eigenvalue weighted by Gasteiger charge is -2.29. The van der Waals surface area contributed by atoms with E-state index >= 15 is 0 Å². The minimum absolute atomic E-state index is 0.356. The fourth-order valence-electron chi connectivity index (χ4n) is 2.17. The largest absolute Gasteiger partial charge is 0.417 e. The Morgan fingerprint density at radius 1 is 1.29 bits per heavy atom. The first-order valence-corrected chi connectivity index (χ1v) is 6.56. The topological polar surface area (TPSA) is 29.1 Å². The van der Waals surface area contributed by atoms with Crippen LogP contribution in [0.1, 0.15) is 36.2 Å². The fourth-order valence-corrected chi connectivity index (χ4v) is 2.17. The van der Waals surface area contributed by atoms with Crippen LogP contribution in [0.2, 0.25) is 0 Å². The second-order valence-electron chi connectivity index (χ2n) is 5.40. The van der Waals surface area contributed by atoms with Gasteiger partial charge in [0.1, 0.15) is 0 Å². The molecule has 0 saturated carbocycles. The summed E-state index contributed by atoms with van der Waals surface area (Å²) in [5.74, 6) is -0.719. The van der Waals surface area contributed by atoms with E-state index in [4.69, 9.17) is 0 Å². The van der Waals surface area contributed by atoms with Crippen molar-refractivity contribution in [1.82, 2.24) is 5.32 Å². The molecule has 1 atom stereocenters. The molecule has 5 heteroatoms. The standard InChI is InChI=1S/C16H16F3NO/c1-11-7-9-15(2,10-8-11)20-14(21)12-5-3-4-6-13(12)16(17,18)19/h3-9H,10H2,1-2H3,(H,20,21). The average molecular weight is 295 g/mol. The molecule has 1 aromatic rings. The van der Waals surface area contributed by atoms with Crippen molar-refractivity contribution in [3.05, 3.63) is 59.2 Å².